The number of hydrogen-bond acceptors (Lipinski definition) is 3. The Bertz CT molecular complexity index is 536. The summed E-state index contributed by atoms with van der Waals surface area (Å²) in [6.45, 7) is 0.426. The quantitative estimate of drug-likeness (QED) is 0.871. The van der Waals surface area contributed by atoms with Crippen molar-refractivity contribution in [2.24, 2.45) is 0 Å². The molecule has 17 heavy (non-hydrogen) atoms. The molecule has 0 radical (unpaired) electrons. The van der Waals surface area contributed by atoms with Gasteiger partial charge in [0.15, 0.2) is 0 Å². The monoisotopic (exact) mass is 226 g/mol. The third-order valence-electron chi connectivity index (χ3n) is 2.32. The van der Waals surface area contributed by atoms with Crippen molar-refractivity contribution in [2.45, 2.75) is 6.54 Å². The summed E-state index contributed by atoms with van der Waals surface area (Å²) in [5, 5.41) is 11.4. The highest BCUT2D eigenvalue weighted by Crippen LogP contribution is 2.04. The van der Waals surface area contributed by atoms with Gasteiger partial charge in [-0.3, -0.25) is 4.79 Å². The molecule has 1 N–H and O–H groups in total. The fourth-order valence-corrected chi connectivity index (χ4v) is 1.38. The van der Waals surface area contributed by atoms with Gasteiger partial charge in [-0.05, 0) is 23.8 Å². The molecule has 1 amide bonds. The first-order valence-electron chi connectivity index (χ1n) is 5.09. The van der Waals surface area contributed by atoms with E-state index in [9.17, 15) is 4.79 Å². The van der Waals surface area contributed by atoms with Crippen LogP contribution in [0.15, 0.2) is 47.3 Å². The molecule has 4 nitrogen and oxygen atoms in total. The van der Waals surface area contributed by atoms with E-state index < -0.39 is 0 Å². The fraction of sp³-hybridized carbons (Fsp3) is 0.0769. The van der Waals surface area contributed by atoms with E-state index in [4.69, 9.17) is 9.68 Å². The van der Waals surface area contributed by atoms with Crippen molar-refractivity contribution in [3.63, 3.8) is 0 Å². The number of benzene rings is 1. The second kappa shape index (κ2) is 4.99. The Hall–Kier alpha value is -2.54. The Morgan fingerprint density at radius 1 is 1.29 bits per heavy atom. The lowest BCUT2D eigenvalue weighted by atomic mass is 10.1. The zero-order valence-corrected chi connectivity index (χ0v) is 9.01. The van der Waals surface area contributed by atoms with Crippen LogP contribution in [-0.4, -0.2) is 5.91 Å². The van der Waals surface area contributed by atoms with Gasteiger partial charge in [0, 0.05) is 6.54 Å². The standard InChI is InChI=1S/C13H10N2O2/c14-7-10-1-3-11(4-2-10)8-15-13(16)12-5-6-17-9-12/h1-6,9H,8H2,(H,15,16). The predicted octanol–water partition coefficient (Wildman–Crippen LogP) is 2.08. The maximum atomic E-state index is 11.6. The molecule has 0 fully saturated rings. The molecule has 0 spiro atoms. The van der Waals surface area contributed by atoms with E-state index in [2.05, 4.69) is 5.32 Å². The van der Waals surface area contributed by atoms with Gasteiger partial charge in [0.25, 0.3) is 5.91 Å². The molecule has 0 aliphatic heterocycles. The van der Waals surface area contributed by atoms with E-state index in [-0.39, 0.29) is 5.91 Å². The van der Waals surface area contributed by atoms with Gasteiger partial charge in [0.1, 0.15) is 6.26 Å². The van der Waals surface area contributed by atoms with Gasteiger partial charge in [-0.2, -0.15) is 5.26 Å². The lowest BCUT2D eigenvalue weighted by Crippen LogP contribution is -2.22. The summed E-state index contributed by atoms with van der Waals surface area (Å²) in [4.78, 5) is 11.6. The Kier molecular flexibility index (Phi) is 3.22. The topological polar surface area (TPSA) is 66.0 Å². The number of nitriles is 1. The van der Waals surface area contributed by atoms with Crippen LogP contribution in [0.2, 0.25) is 0 Å². The molecular weight excluding hydrogens is 216 g/mol. The van der Waals surface area contributed by atoms with Crippen molar-refractivity contribution in [1.29, 1.82) is 5.26 Å². The number of furan rings is 1. The minimum atomic E-state index is -0.178. The lowest BCUT2D eigenvalue weighted by Gasteiger charge is -2.03. The second-order valence-corrected chi connectivity index (χ2v) is 3.50. The number of hydrogen-bond donors (Lipinski definition) is 1. The molecule has 0 aliphatic carbocycles. The number of rotatable bonds is 3. The van der Waals surface area contributed by atoms with Crippen LogP contribution in [0.4, 0.5) is 0 Å². The number of amides is 1. The Morgan fingerprint density at radius 3 is 2.65 bits per heavy atom. The first-order valence-corrected chi connectivity index (χ1v) is 5.09. The van der Waals surface area contributed by atoms with Gasteiger partial charge in [0.2, 0.25) is 0 Å². The zero-order chi connectivity index (χ0) is 12.1. The fourth-order valence-electron chi connectivity index (χ4n) is 1.38. The van der Waals surface area contributed by atoms with Crippen molar-refractivity contribution in [1.82, 2.24) is 5.32 Å². The average molecular weight is 226 g/mol. The normalized spacial score (nSPS) is 9.59. The minimum absolute atomic E-state index is 0.178. The van der Waals surface area contributed by atoms with E-state index in [1.807, 2.05) is 18.2 Å². The molecule has 0 atom stereocenters. The maximum Gasteiger partial charge on any atom is 0.254 e. The molecule has 2 rings (SSSR count). The van der Waals surface area contributed by atoms with Gasteiger partial charge in [0.05, 0.1) is 23.5 Å². The molecule has 0 saturated heterocycles. The number of nitrogens with one attached hydrogen (secondary N) is 1. The van der Waals surface area contributed by atoms with Gasteiger partial charge in [-0.1, -0.05) is 12.1 Å². The molecular formula is C13H10N2O2. The van der Waals surface area contributed by atoms with E-state index >= 15 is 0 Å². The zero-order valence-electron chi connectivity index (χ0n) is 9.01. The molecule has 0 aliphatic rings. The highest BCUT2D eigenvalue weighted by molar-refractivity contribution is 5.93. The first-order chi connectivity index (χ1) is 8.29. The summed E-state index contributed by atoms with van der Waals surface area (Å²) in [7, 11) is 0. The van der Waals surface area contributed by atoms with Crippen LogP contribution in [0.25, 0.3) is 0 Å². The third kappa shape index (κ3) is 2.73. The summed E-state index contributed by atoms with van der Waals surface area (Å²) in [6.07, 6.45) is 2.85. The van der Waals surface area contributed by atoms with E-state index in [0.29, 0.717) is 17.7 Å². The molecule has 1 heterocycles. The van der Waals surface area contributed by atoms with Gasteiger partial charge < -0.3 is 9.73 Å². The van der Waals surface area contributed by atoms with Crippen molar-refractivity contribution in [2.75, 3.05) is 0 Å². The molecule has 0 bridgehead atoms. The highest BCUT2D eigenvalue weighted by Gasteiger charge is 2.05. The average Bonchev–Trinajstić information content (AvgIpc) is 2.90. The van der Waals surface area contributed by atoms with E-state index in [1.165, 1.54) is 12.5 Å². The first kappa shape index (κ1) is 11.0. The van der Waals surface area contributed by atoms with Crippen LogP contribution < -0.4 is 5.32 Å². The summed E-state index contributed by atoms with van der Waals surface area (Å²) in [6, 6.07) is 10.7. The van der Waals surface area contributed by atoms with Crippen LogP contribution in [0.5, 0.6) is 0 Å². The van der Waals surface area contributed by atoms with Crippen LogP contribution in [0.1, 0.15) is 21.5 Å². The largest absolute Gasteiger partial charge is 0.472 e. The summed E-state index contributed by atoms with van der Waals surface area (Å²) in [5.41, 5.74) is 2.05. The second-order valence-electron chi connectivity index (χ2n) is 3.50. The Balaban J connectivity index is 1.94. The Labute approximate surface area is 98.5 Å². The van der Waals surface area contributed by atoms with Crippen molar-refractivity contribution in [3.8, 4) is 6.07 Å². The molecule has 0 saturated carbocycles. The molecule has 2 aromatic rings. The SMILES string of the molecule is N#Cc1ccc(CNC(=O)c2ccoc2)cc1. The third-order valence-corrected chi connectivity index (χ3v) is 2.32. The molecule has 0 unspecified atom stereocenters. The van der Waals surface area contributed by atoms with E-state index in [1.54, 1.807) is 18.2 Å². The summed E-state index contributed by atoms with van der Waals surface area (Å²) in [5.74, 6) is -0.178. The van der Waals surface area contributed by atoms with Crippen molar-refractivity contribution < 1.29 is 9.21 Å². The van der Waals surface area contributed by atoms with Gasteiger partial charge in [-0.15, -0.1) is 0 Å². The molecule has 1 aromatic carbocycles. The lowest BCUT2D eigenvalue weighted by molar-refractivity contribution is 0.0950. The van der Waals surface area contributed by atoms with E-state index in [0.717, 1.165) is 5.56 Å². The van der Waals surface area contributed by atoms with Crippen molar-refractivity contribution in [3.05, 3.63) is 59.5 Å². The smallest absolute Gasteiger partial charge is 0.254 e. The van der Waals surface area contributed by atoms with Gasteiger partial charge >= 0.3 is 0 Å². The number of nitrogens with zero attached hydrogens (tertiary/aromatic N) is 1. The van der Waals surface area contributed by atoms with Crippen LogP contribution in [0, 0.1) is 11.3 Å². The number of carbonyl (C=O) groups is 1. The molecule has 4 heteroatoms. The molecule has 1 aromatic heterocycles. The minimum Gasteiger partial charge on any atom is -0.472 e. The van der Waals surface area contributed by atoms with Crippen molar-refractivity contribution >= 4 is 5.91 Å². The Morgan fingerprint density at radius 2 is 2.06 bits per heavy atom. The maximum absolute atomic E-state index is 11.6. The van der Waals surface area contributed by atoms with Crippen LogP contribution >= 0.6 is 0 Å². The highest BCUT2D eigenvalue weighted by atomic mass is 16.3. The predicted molar refractivity (Wildman–Crippen MR) is 61.0 cm³/mol. The molecule has 84 valence electrons. The van der Waals surface area contributed by atoms with Crippen LogP contribution in [-0.2, 0) is 6.54 Å². The van der Waals surface area contributed by atoms with Gasteiger partial charge in [-0.25, -0.2) is 0 Å². The number of carbonyl (C=O) groups excluding carboxylic acids is 1. The summed E-state index contributed by atoms with van der Waals surface area (Å²) >= 11 is 0. The summed E-state index contributed by atoms with van der Waals surface area (Å²) < 4.78 is 4.82. The van der Waals surface area contributed by atoms with Crippen LogP contribution in [0.3, 0.4) is 0 Å².